The van der Waals surface area contributed by atoms with Gasteiger partial charge < -0.3 is 5.11 Å². The Morgan fingerprint density at radius 3 is 2.44 bits per heavy atom. The van der Waals surface area contributed by atoms with Crippen molar-refractivity contribution < 1.29 is 14.7 Å². The monoisotopic (exact) mass is 266 g/mol. The first kappa shape index (κ1) is 13.1. The fourth-order valence-corrected chi connectivity index (χ4v) is 2.63. The predicted octanol–water partition coefficient (Wildman–Crippen LogP) is 3.41. The highest BCUT2D eigenvalue weighted by Crippen LogP contribution is 2.34. The van der Waals surface area contributed by atoms with E-state index in [1.54, 1.807) is 24.3 Å². The Balaban J connectivity index is 1.92. The standard InChI is InChI=1S/C14H15ClO3/c15-12-5-3-10(4-6-12)13(16)8-9-1-2-11(7-9)14(17)18/h3-6,9,11H,1-2,7-8H2,(H,17,18)/t9-,11+/m0/s1. The topological polar surface area (TPSA) is 54.4 Å². The molecule has 3 nitrogen and oxygen atoms in total. The summed E-state index contributed by atoms with van der Waals surface area (Å²) in [5, 5.41) is 9.52. The van der Waals surface area contributed by atoms with Gasteiger partial charge in [-0.1, -0.05) is 11.6 Å². The fourth-order valence-electron chi connectivity index (χ4n) is 2.50. The van der Waals surface area contributed by atoms with Crippen molar-refractivity contribution in [1.82, 2.24) is 0 Å². The zero-order valence-electron chi connectivity index (χ0n) is 9.93. The first-order valence-electron chi connectivity index (χ1n) is 6.08. The largest absolute Gasteiger partial charge is 0.481 e. The normalized spacial score (nSPS) is 22.9. The van der Waals surface area contributed by atoms with E-state index in [0.29, 0.717) is 29.8 Å². The van der Waals surface area contributed by atoms with Crippen LogP contribution < -0.4 is 0 Å². The highest BCUT2D eigenvalue weighted by atomic mass is 35.5. The number of ketones is 1. The van der Waals surface area contributed by atoms with Crippen molar-refractivity contribution in [2.45, 2.75) is 25.7 Å². The fraction of sp³-hybridized carbons (Fsp3) is 0.429. The van der Waals surface area contributed by atoms with E-state index >= 15 is 0 Å². The molecule has 1 saturated carbocycles. The Labute approximate surface area is 111 Å². The molecule has 0 spiro atoms. The van der Waals surface area contributed by atoms with Crippen LogP contribution in [0.3, 0.4) is 0 Å². The number of benzene rings is 1. The minimum absolute atomic E-state index is 0.0719. The second-order valence-electron chi connectivity index (χ2n) is 4.85. The molecule has 1 aromatic carbocycles. The van der Waals surface area contributed by atoms with Crippen molar-refractivity contribution in [3.8, 4) is 0 Å². The van der Waals surface area contributed by atoms with E-state index in [1.807, 2.05) is 0 Å². The minimum Gasteiger partial charge on any atom is -0.481 e. The van der Waals surface area contributed by atoms with Gasteiger partial charge in [-0.2, -0.15) is 0 Å². The number of carboxylic acids is 1. The van der Waals surface area contributed by atoms with Gasteiger partial charge in [0.15, 0.2) is 5.78 Å². The maximum atomic E-state index is 12.0. The third kappa shape index (κ3) is 3.10. The molecule has 1 N–H and O–H groups in total. The number of rotatable bonds is 4. The number of carbonyl (C=O) groups is 2. The molecule has 2 rings (SSSR count). The molecule has 1 aliphatic rings. The number of aliphatic carboxylic acids is 1. The van der Waals surface area contributed by atoms with Crippen molar-refractivity contribution in [2.75, 3.05) is 0 Å². The zero-order chi connectivity index (χ0) is 13.1. The minimum atomic E-state index is -0.739. The Bertz CT molecular complexity index is 453. The Morgan fingerprint density at radius 1 is 1.22 bits per heavy atom. The lowest BCUT2D eigenvalue weighted by Crippen LogP contribution is -2.11. The third-order valence-electron chi connectivity index (χ3n) is 3.53. The first-order chi connectivity index (χ1) is 8.56. The summed E-state index contributed by atoms with van der Waals surface area (Å²) < 4.78 is 0. The molecule has 0 heterocycles. The van der Waals surface area contributed by atoms with Crippen LogP contribution in [0.25, 0.3) is 0 Å². The average molecular weight is 267 g/mol. The van der Waals surface area contributed by atoms with Gasteiger partial charge in [-0.3, -0.25) is 9.59 Å². The van der Waals surface area contributed by atoms with Crippen LogP contribution in [0.1, 0.15) is 36.0 Å². The van der Waals surface area contributed by atoms with Crippen molar-refractivity contribution >= 4 is 23.4 Å². The molecule has 2 atom stereocenters. The molecule has 0 bridgehead atoms. The summed E-state index contributed by atoms with van der Waals surface area (Å²) >= 11 is 5.76. The van der Waals surface area contributed by atoms with Crippen LogP contribution in [-0.2, 0) is 4.79 Å². The van der Waals surface area contributed by atoms with E-state index in [1.165, 1.54) is 0 Å². The molecule has 1 fully saturated rings. The predicted molar refractivity (Wildman–Crippen MR) is 68.9 cm³/mol. The third-order valence-corrected chi connectivity index (χ3v) is 3.78. The number of carboxylic acid groups (broad SMARTS) is 1. The Hall–Kier alpha value is -1.35. The molecule has 0 aromatic heterocycles. The van der Waals surface area contributed by atoms with Crippen molar-refractivity contribution in [3.05, 3.63) is 34.9 Å². The molecular weight excluding hydrogens is 252 g/mol. The van der Waals surface area contributed by atoms with E-state index in [-0.39, 0.29) is 17.6 Å². The van der Waals surface area contributed by atoms with Gasteiger partial charge >= 0.3 is 5.97 Å². The van der Waals surface area contributed by atoms with E-state index < -0.39 is 5.97 Å². The van der Waals surface area contributed by atoms with Gasteiger partial charge in [0.25, 0.3) is 0 Å². The lowest BCUT2D eigenvalue weighted by atomic mass is 9.96. The first-order valence-corrected chi connectivity index (χ1v) is 6.45. The van der Waals surface area contributed by atoms with Gasteiger partial charge in [-0.15, -0.1) is 0 Å². The lowest BCUT2D eigenvalue weighted by molar-refractivity contribution is -0.141. The maximum absolute atomic E-state index is 12.0. The van der Waals surface area contributed by atoms with Crippen LogP contribution in [0.2, 0.25) is 5.02 Å². The molecule has 1 aliphatic carbocycles. The maximum Gasteiger partial charge on any atom is 0.306 e. The highest BCUT2D eigenvalue weighted by molar-refractivity contribution is 6.30. The highest BCUT2D eigenvalue weighted by Gasteiger charge is 2.30. The van der Waals surface area contributed by atoms with Gasteiger partial charge in [0.05, 0.1) is 5.92 Å². The number of halogens is 1. The van der Waals surface area contributed by atoms with Gasteiger partial charge in [-0.25, -0.2) is 0 Å². The molecule has 96 valence electrons. The summed E-state index contributed by atoms with van der Waals surface area (Å²) in [6, 6.07) is 6.83. The molecule has 0 amide bonds. The second kappa shape index (κ2) is 5.53. The van der Waals surface area contributed by atoms with E-state index in [4.69, 9.17) is 16.7 Å². The van der Waals surface area contributed by atoms with Gasteiger partial charge in [0.2, 0.25) is 0 Å². The van der Waals surface area contributed by atoms with Crippen molar-refractivity contribution in [1.29, 1.82) is 0 Å². The quantitative estimate of drug-likeness (QED) is 0.850. The van der Waals surface area contributed by atoms with Crippen molar-refractivity contribution in [3.63, 3.8) is 0 Å². The lowest BCUT2D eigenvalue weighted by Gasteiger charge is -2.08. The van der Waals surface area contributed by atoms with E-state index in [2.05, 4.69) is 0 Å². The van der Waals surface area contributed by atoms with Gasteiger partial charge in [0, 0.05) is 17.0 Å². The summed E-state index contributed by atoms with van der Waals surface area (Å²) in [7, 11) is 0. The van der Waals surface area contributed by atoms with Gasteiger partial charge in [0.1, 0.15) is 0 Å². The number of hydrogen-bond acceptors (Lipinski definition) is 2. The molecule has 0 aliphatic heterocycles. The van der Waals surface area contributed by atoms with Gasteiger partial charge in [-0.05, 0) is 49.4 Å². The smallest absolute Gasteiger partial charge is 0.306 e. The number of hydrogen-bond donors (Lipinski definition) is 1. The molecule has 0 saturated heterocycles. The summed E-state index contributed by atoms with van der Waals surface area (Å²) in [5.74, 6) is -0.735. The summed E-state index contributed by atoms with van der Waals surface area (Å²) in [5.41, 5.74) is 0.651. The molecule has 0 unspecified atom stereocenters. The number of carbonyl (C=O) groups excluding carboxylic acids is 1. The van der Waals surface area contributed by atoms with Crippen LogP contribution in [0.5, 0.6) is 0 Å². The molecule has 4 heteroatoms. The summed E-state index contributed by atoms with van der Waals surface area (Å²) in [6.07, 6.45) is 2.57. The van der Waals surface area contributed by atoms with Crippen LogP contribution in [0, 0.1) is 11.8 Å². The van der Waals surface area contributed by atoms with E-state index in [9.17, 15) is 9.59 Å². The molecular formula is C14H15ClO3. The molecule has 0 radical (unpaired) electrons. The summed E-state index contributed by atoms with van der Waals surface area (Å²) in [4.78, 5) is 22.8. The second-order valence-corrected chi connectivity index (χ2v) is 5.28. The molecule has 18 heavy (non-hydrogen) atoms. The average Bonchev–Trinajstić information content (AvgIpc) is 2.78. The van der Waals surface area contributed by atoms with Crippen molar-refractivity contribution in [2.24, 2.45) is 11.8 Å². The van der Waals surface area contributed by atoms with Crippen LogP contribution in [0.4, 0.5) is 0 Å². The SMILES string of the molecule is O=C(C[C@H]1CC[C@@H](C(=O)O)C1)c1ccc(Cl)cc1. The Kier molecular flexibility index (Phi) is 4.02. The molecule has 1 aromatic rings. The number of Topliss-reactive ketones (excluding diaryl/α,β-unsaturated/α-hetero) is 1. The van der Waals surface area contributed by atoms with E-state index in [0.717, 1.165) is 6.42 Å². The van der Waals surface area contributed by atoms with Crippen LogP contribution in [-0.4, -0.2) is 16.9 Å². The zero-order valence-corrected chi connectivity index (χ0v) is 10.7. The van der Waals surface area contributed by atoms with Crippen LogP contribution in [0.15, 0.2) is 24.3 Å². The Morgan fingerprint density at radius 2 is 1.89 bits per heavy atom. The summed E-state index contributed by atoms with van der Waals surface area (Å²) in [6.45, 7) is 0. The van der Waals surface area contributed by atoms with Crippen LogP contribution >= 0.6 is 11.6 Å².